The molecule has 0 radical (unpaired) electrons. The molecule has 5 rings (SSSR count). The second-order valence-corrected chi connectivity index (χ2v) is 7.77. The van der Waals surface area contributed by atoms with Crippen molar-refractivity contribution < 1.29 is 24.1 Å². The zero-order valence-electron chi connectivity index (χ0n) is 17.4. The Morgan fingerprint density at radius 2 is 1.91 bits per heavy atom. The number of hydrogen-bond acceptors (Lipinski definition) is 7. The number of phenols is 1. The van der Waals surface area contributed by atoms with Crippen molar-refractivity contribution in [3.63, 3.8) is 0 Å². The quantitative estimate of drug-likeness (QED) is 0.353. The predicted molar refractivity (Wildman–Crippen MR) is 120 cm³/mol. The fraction of sp³-hybridized carbons (Fsp3) is 0.167. The van der Waals surface area contributed by atoms with E-state index in [1.807, 2.05) is 6.07 Å². The molecule has 0 atom stereocenters. The van der Waals surface area contributed by atoms with E-state index in [9.17, 15) is 19.5 Å². The Morgan fingerprint density at radius 3 is 2.70 bits per heavy atom. The van der Waals surface area contributed by atoms with Crippen molar-refractivity contribution in [2.75, 3.05) is 12.1 Å². The molecular weight excluding hydrogens is 429 g/mol. The van der Waals surface area contributed by atoms with Crippen molar-refractivity contribution in [2.45, 2.75) is 19.7 Å². The topological polar surface area (TPSA) is 105 Å². The van der Waals surface area contributed by atoms with E-state index in [4.69, 9.17) is 9.47 Å². The highest BCUT2D eigenvalue weighted by atomic mass is 19.1. The molecule has 3 aromatic carbocycles. The zero-order valence-corrected chi connectivity index (χ0v) is 17.4. The van der Waals surface area contributed by atoms with Gasteiger partial charge in [-0.25, -0.2) is 4.39 Å². The fourth-order valence-electron chi connectivity index (χ4n) is 4.05. The monoisotopic (exact) mass is 449 g/mol. The molecule has 168 valence electrons. The first-order valence-corrected chi connectivity index (χ1v) is 10.3. The van der Waals surface area contributed by atoms with Gasteiger partial charge in [-0.05, 0) is 53.2 Å². The maximum Gasteiger partial charge on any atom is 0.222 e. The molecule has 0 unspecified atom stereocenters. The number of ether oxygens (including phenoxy) is 2. The van der Waals surface area contributed by atoms with Gasteiger partial charge < -0.3 is 29.6 Å². The number of anilines is 1. The summed E-state index contributed by atoms with van der Waals surface area (Å²) >= 11 is 0. The van der Waals surface area contributed by atoms with Crippen LogP contribution in [-0.2, 0) is 24.4 Å². The van der Waals surface area contributed by atoms with Crippen LogP contribution in [0.3, 0.4) is 0 Å². The van der Waals surface area contributed by atoms with Crippen molar-refractivity contribution in [2.24, 2.45) is 5.18 Å². The van der Waals surface area contributed by atoms with Gasteiger partial charge >= 0.3 is 0 Å². The van der Waals surface area contributed by atoms with Crippen molar-refractivity contribution in [3.05, 3.63) is 82.0 Å². The van der Waals surface area contributed by atoms with Crippen LogP contribution in [0.2, 0.25) is 0 Å². The summed E-state index contributed by atoms with van der Waals surface area (Å²) in [7, 11) is 0. The van der Waals surface area contributed by atoms with E-state index in [2.05, 4.69) is 10.5 Å². The summed E-state index contributed by atoms with van der Waals surface area (Å²) in [6.07, 6.45) is 0. The average Bonchev–Trinajstić information content (AvgIpc) is 3.08. The molecule has 0 saturated carbocycles. The SMILES string of the molecule is O=Nc1c(O)n(Cc2cc(F)cc3c2OCOC3)c2ccc(NCc3ccc(O)cc3)cc12. The average molecular weight is 449 g/mol. The first kappa shape index (κ1) is 20.8. The van der Waals surface area contributed by atoms with Gasteiger partial charge in [0.1, 0.15) is 17.3 Å². The number of nitrogens with zero attached hydrogens (tertiary/aromatic N) is 2. The van der Waals surface area contributed by atoms with Gasteiger partial charge in [0.15, 0.2) is 12.5 Å². The molecule has 1 aliphatic heterocycles. The van der Waals surface area contributed by atoms with Crippen LogP contribution in [-0.4, -0.2) is 21.6 Å². The first-order chi connectivity index (χ1) is 16.0. The number of aromatic nitrogens is 1. The van der Waals surface area contributed by atoms with Gasteiger partial charge in [-0.3, -0.25) is 0 Å². The molecule has 1 aromatic heterocycles. The van der Waals surface area contributed by atoms with E-state index in [0.717, 1.165) is 11.3 Å². The number of hydrogen-bond donors (Lipinski definition) is 3. The van der Waals surface area contributed by atoms with Gasteiger partial charge in [-0.15, -0.1) is 4.91 Å². The van der Waals surface area contributed by atoms with Gasteiger partial charge in [0.2, 0.25) is 5.88 Å². The van der Waals surface area contributed by atoms with E-state index in [0.29, 0.717) is 34.3 Å². The maximum absolute atomic E-state index is 14.2. The number of benzene rings is 3. The zero-order chi connectivity index (χ0) is 22.9. The van der Waals surface area contributed by atoms with Crippen LogP contribution in [0.5, 0.6) is 17.4 Å². The molecule has 2 heterocycles. The van der Waals surface area contributed by atoms with Crippen molar-refractivity contribution >= 4 is 22.3 Å². The summed E-state index contributed by atoms with van der Waals surface area (Å²) in [5.74, 6) is -0.0446. The van der Waals surface area contributed by atoms with Crippen LogP contribution in [0.1, 0.15) is 16.7 Å². The van der Waals surface area contributed by atoms with Crippen LogP contribution in [0.25, 0.3) is 10.9 Å². The number of nitroso groups, excluding NO2 is 1. The first-order valence-electron chi connectivity index (χ1n) is 10.3. The largest absolute Gasteiger partial charge is 0.508 e. The number of nitrogens with one attached hydrogen (secondary N) is 1. The van der Waals surface area contributed by atoms with E-state index in [1.165, 1.54) is 16.7 Å². The summed E-state index contributed by atoms with van der Waals surface area (Å²) < 4.78 is 26.5. The fourth-order valence-corrected chi connectivity index (χ4v) is 4.05. The van der Waals surface area contributed by atoms with Gasteiger partial charge in [-0.2, -0.15) is 0 Å². The van der Waals surface area contributed by atoms with Crippen LogP contribution >= 0.6 is 0 Å². The lowest BCUT2D eigenvalue weighted by molar-refractivity contribution is -0.0173. The van der Waals surface area contributed by atoms with Gasteiger partial charge in [0.25, 0.3) is 0 Å². The smallest absolute Gasteiger partial charge is 0.222 e. The van der Waals surface area contributed by atoms with Crippen LogP contribution < -0.4 is 10.1 Å². The Hall–Kier alpha value is -4.11. The molecule has 1 aliphatic rings. The minimum absolute atomic E-state index is 0.0568. The van der Waals surface area contributed by atoms with Gasteiger partial charge in [-0.1, -0.05) is 12.1 Å². The normalized spacial score (nSPS) is 12.9. The van der Waals surface area contributed by atoms with E-state index in [1.54, 1.807) is 36.4 Å². The predicted octanol–water partition coefficient (Wildman–Crippen LogP) is 5.12. The molecule has 33 heavy (non-hydrogen) atoms. The molecule has 8 nitrogen and oxygen atoms in total. The van der Waals surface area contributed by atoms with Crippen LogP contribution in [0, 0.1) is 10.7 Å². The minimum Gasteiger partial charge on any atom is -0.508 e. The molecular formula is C24H20FN3O5. The number of aromatic hydroxyl groups is 2. The molecule has 9 heteroatoms. The number of phenolic OH excluding ortho intramolecular Hbond substituents is 1. The van der Waals surface area contributed by atoms with Crippen molar-refractivity contribution in [3.8, 4) is 17.4 Å². The highest BCUT2D eigenvalue weighted by Gasteiger charge is 2.22. The molecule has 0 bridgehead atoms. The summed E-state index contributed by atoms with van der Waals surface area (Å²) in [6, 6.07) is 14.8. The number of fused-ring (bicyclic) bond motifs is 2. The van der Waals surface area contributed by atoms with Crippen LogP contribution in [0.15, 0.2) is 59.8 Å². The standard InChI is InChI=1S/C24H20FN3O5/c25-17-7-15(23-16(8-17)12-32-13-33-23)11-28-21-6-3-18(9-20(21)22(27-31)24(28)30)26-10-14-1-4-19(29)5-2-14/h1-9,26,29-30H,10-13H2. The molecule has 0 saturated heterocycles. The van der Waals surface area contributed by atoms with E-state index in [-0.39, 0.29) is 37.3 Å². The summed E-state index contributed by atoms with van der Waals surface area (Å²) in [5, 5.41) is 26.9. The molecule has 4 aromatic rings. The second-order valence-electron chi connectivity index (χ2n) is 7.77. The Morgan fingerprint density at radius 1 is 1.09 bits per heavy atom. The highest BCUT2D eigenvalue weighted by molar-refractivity contribution is 5.97. The lowest BCUT2D eigenvalue weighted by Gasteiger charge is -2.21. The number of halogens is 1. The lowest BCUT2D eigenvalue weighted by atomic mass is 10.1. The lowest BCUT2D eigenvalue weighted by Crippen LogP contribution is -2.14. The van der Waals surface area contributed by atoms with E-state index < -0.39 is 5.82 Å². The maximum atomic E-state index is 14.2. The molecule has 0 aliphatic carbocycles. The Bertz CT molecular complexity index is 1350. The van der Waals surface area contributed by atoms with Gasteiger partial charge in [0.05, 0.1) is 18.7 Å². The van der Waals surface area contributed by atoms with E-state index >= 15 is 0 Å². The Balaban J connectivity index is 1.49. The second kappa shape index (κ2) is 8.44. The highest BCUT2D eigenvalue weighted by Crippen LogP contribution is 2.41. The number of rotatable bonds is 6. The van der Waals surface area contributed by atoms with Crippen molar-refractivity contribution in [1.82, 2.24) is 4.57 Å². The molecule has 3 N–H and O–H groups in total. The third-order valence-corrected chi connectivity index (χ3v) is 5.61. The summed E-state index contributed by atoms with van der Waals surface area (Å²) in [4.78, 5) is 11.5. The molecule has 0 amide bonds. The molecule has 0 spiro atoms. The Labute approximate surface area is 187 Å². The molecule has 0 fully saturated rings. The van der Waals surface area contributed by atoms with Crippen molar-refractivity contribution in [1.29, 1.82) is 0 Å². The minimum atomic E-state index is -0.441. The summed E-state index contributed by atoms with van der Waals surface area (Å²) in [6.45, 7) is 0.867. The summed E-state index contributed by atoms with van der Waals surface area (Å²) in [5.41, 5.74) is 3.27. The third kappa shape index (κ3) is 3.94. The third-order valence-electron chi connectivity index (χ3n) is 5.61. The Kier molecular flexibility index (Phi) is 5.31. The van der Waals surface area contributed by atoms with Crippen LogP contribution in [0.4, 0.5) is 15.8 Å². The van der Waals surface area contributed by atoms with Gasteiger partial charge in [0, 0.05) is 28.7 Å².